The maximum Gasteiger partial charge on any atom is 0.139 e. The van der Waals surface area contributed by atoms with Crippen LogP contribution in [-0.4, -0.2) is 28.0 Å². The SMILES string of the molecule is C[C@]12CC[C@H](OCCCn3ccnc3)C=C1CCC1C2CC[C@]2(C)C(=O)CCC12. The van der Waals surface area contributed by atoms with Gasteiger partial charge in [-0.3, -0.25) is 4.79 Å². The number of Topliss-reactive ketones (excluding diaryl/α,β-unsaturated/α-hetero) is 1. The van der Waals surface area contributed by atoms with Crippen molar-refractivity contribution in [2.75, 3.05) is 6.61 Å². The van der Waals surface area contributed by atoms with Crippen LogP contribution in [0.25, 0.3) is 0 Å². The molecule has 4 nitrogen and oxygen atoms in total. The van der Waals surface area contributed by atoms with Crippen molar-refractivity contribution in [3.05, 3.63) is 30.4 Å². The summed E-state index contributed by atoms with van der Waals surface area (Å²) in [6.45, 7) is 6.61. The predicted octanol–water partition coefficient (Wildman–Crippen LogP) is 5.19. The minimum Gasteiger partial charge on any atom is -0.374 e. The first-order chi connectivity index (χ1) is 14.0. The van der Waals surface area contributed by atoms with Gasteiger partial charge in [0.1, 0.15) is 5.78 Å². The molecule has 1 aromatic rings. The van der Waals surface area contributed by atoms with E-state index >= 15 is 0 Å². The number of carbonyl (C=O) groups is 1. The van der Waals surface area contributed by atoms with Gasteiger partial charge in [0.25, 0.3) is 0 Å². The van der Waals surface area contributed by atoms with Gasteiger partial charge < -0.3 is 9.30 Å². The van der Waals surface area contributed by atoms with Crippen LogP contribution in [0, 0.1) is 28.6 Å². The standard InChI is InChI=1S/C25H36N2O2/c1-24-10-8-19(29-15-3-13-27-14-12-26-17-27)16-18(24)4-5-20-21-6-7-23(28)25(21,2)11-9-22(20)24/h12,14,16-17,19-22H,3-11,13,15H2,1-2H3/t19-,20?,21?,22?,24-,25-/m0/s1. The van der Waals surface area contributed by atoms with E-state index in [2.05, 4.69) is 29.5 Å². The fourth-order valence-corrected chi connectivity index (χ4v) is 7.50. The minimum atomic E-state index is -0.00566. The molecule has 0 radical (unpaired) electrons. The molecule has 5 rings (SSSR count). The van der Waals surface area contributed by atoms with Gasteiger partial charge in [0.2, 0.25) is 0 Å². The van der Waals surface area contributed by atoms with E-state index in [0.717, 1.165) is 57.1 Å². The van der Waals surface area contributed by atoms with E-state index in [-0.39, 0.29) is 5.41 Å². The predicted molar refractivity (Wildman–Crippen MR) is 113 cm³/mol. The first kappa shape index (κ1) is 19.5. The molecule has 0 bridgehead atoms. The molecule has 0 N–H and O–H groups in total. The molecule has 0 spiro atoms. The number of imidazole rings is 1. The van der Waals surface area contributed by atoms with E-state index in [9.17, 15) is 4.79 Å². The second-order valence-electron chi connectivity index (χ2n) is 10.5. The molecule has 158 valence electrons. The minimum absolute atomic E-state index is 0.00566. The van der Waals surface area contributed by atoms with Crippen molar-refractivity contribution < 1.29 is 9.53 Å². The number of ketones is 1. The third-order valence-corrected chi connectivity index (χ3v) is 9.23. The third-order valence-electron chi connectivity index (χ3n) is 9.23. The highest BCUT2D eigenvalue weighted by Crippen LogP contribution is 2.64. The van der Waals surface area contributed by atoms with Crippen molar-refractivity contribution in [1.82, 2.24) is 9.55 Å². The maximum atomic E-state index is 12.6. The summed E-state index contributed by atoms with van der Waals surface area (Å²) >= 11 is 0. The summed E-state index contributed by atoms with van der Waals surface area (Å²) in [4.78, 5) is 16.7. The van der Waals surface area contributed by atoms with Crippen molar-refractivity contribution >= 4 is 5.78 Å². The Morgan fingerprint density at radius 2 is 1.93 bits per heavy atom. The molecule has 4 aliphatic carbocycles. The van der Waals surface area contributed by atoms with Gasteiger partial charge in [-0.1, -0.05) is 25.5 Å². The molecule has 0 aliphatic heterocycles. The summed E-state index contributed by atoms with van der Waals surface area (Å²) in [7, 11) is 0. The number of hydrogen-bond donors (Lipinski definition) is 0. The molecule has 1 heterocycles. The molecular formula is C25H36N2O2. The summed E-state index contributed by atoms with van der Waals surface area (Å²) in [5.74, 6) is 2.73. The Hall–Kier alpha value is -1.42. The molecular weight excluding hydrogens is 360 g/mol. The second kappa shape index (κ2) is 7.37. The Kier molecular flexibility index (Phi) is 4.97. The molecule has 6 atom stereocenters. The number of ether oxygens (including phenoxy) is 1. The van der Waals surface area contributed by atoms with Gasteiger partial charge in [-0.15, -0.1) is 0 Å². The van der Waals surface area contributed by atoms with Gasteiger partial charge in [-0.2, -0.15) is 0 Å². The van der Waals surface area contributed by atoms with Gasteiger partial charge in [0, 0.05) is 37.4 Å². The summed E-state index contributed by atoms with van der Waals surface area (Å²) in [5, 5.41) is 0. The number of fused-ring (bicyclic) bond motifs is 5. The monoisotopic (exact) mass is 396 g/mol. The highest BCUT2D eigenvalue weighted by molar-refractivity contribution is 5.87. The molecule has 0 saturated heterocycles. The van der Waals surface area contributed by atoms with E-state index < -0.39 is 0 Å². The van der Waals surface area contributed by atoms with Crippen LogP contribution in [0.4, 0.5) is 0 Å². The molecule has 0 amide bonds. The Bertz CT molecular complexity index is 785. The third kappa shape index (κ3) is 3.22. The quantitative estimate of drug-likeness (QED) is 0.508. The lowest BCUT2D eigenvalue weighted by molar-refractivity contribution is -0.132. The number of aryl methyl sites for hydroxylation is 1. The number of nitrogens with zero attached hydrogens (tertiary/aromatic N) is 2. The van der Waals surface area contributed by atoms with Crippen molar-refractivity contribution in [2.24, 2.45) is 28.6 Å². The van der Waals surface area contributed by atoms with Crippen LogP contribution in [0.2, 0.25) is 0 Å². The zero-order valence-corrected chi connectivity index (χ0v) is 18.1. The first-order valence-electron chi connectivity index (χ1n) is 11.8. The number of rotatable bonds is 5. The molecule has 1 aromatic heterocycles. The summed E-state index contributed by atoms with van der Waals surface area (Å²) in [6.07, 6.45) is 18.8. The van der Waals surface area contributed by atoms with Crippen LogP contribution in [0.1, 0.15) is 71.6 Å². The number of carbonyl (C=O) groups excluding carboxylic acids is 1. The molecule has 3 unspecified atom stereocenters. The van der Waals surface area contributed by atoms with Crippen LogP contribution >= 0.6 is 0 Å². The zero-order valence-electron chi connectivity index (χ0n) is 18.1. The van der Waals surface area contributed by atoms with Crippen LogP contribution in [0.3, 0.4) is 0 Å². The van der Waals surface area contributed by atoms with Crippen molar-refractivity contribution in [1.29, 1.82) is 0 Å². The highest BCUT2D eigenvalue weighted by Gasteiger charge is 2.58. The van der Waals surface area contributed by atoms with E-state index in [0.29, 0.717) is 23.2 Å². The zero-order chi connectivity index (χ0) is 20.1. The maximum absolute atomic E-state index is 12.6. The van der Waals surface area contributed by atoms with E-state index in [4.69, 9.17) is 4.74 Å². The summed E-state index contributed by atoms with van der Waals surface area (Å²) in [5.41, 5.74) is 2.00. The Morgan fingerprint density at radius 3 is 2.76 bits per heavy atom. The molecule has 4 heteroatoms. The van der Waals surface area contributed by atoms with Gasteiger partial charge in [-0.05, 0) is 74.5 Å². The topological polar surface area (TPSA) is 44.1 Å². The van der Waals surface area contributed by atoms with E-state index in [1.54, 1.807) is 5.57 Å². The van der Waals surface area contributed by atoms with Gasteiger partial charge in [0.05, 0.1) is 12.4 Å². The normalized spacial score (nSPS) is 41.4. The molecule has 3 saturated carbocycles. The first-order valence-corrected chi connectivity index (χ1v) is 11.8. The Labute approximate surface area is 175 Å². The Morgan fingerprint density at radius 1 is 1.10 bits per heavy atom. The lowest BCUT2D eigenvalue weighted by Crippen LogP contribution is -2.50. The average molecular weight is 397 g/mol. The smallest absolute Gasteiger partial charge is 0.139 e. The number of aromatic nitrogens is 2. The average Bonchev–Trinajstić information content (AvgIpc) is 3.33. The lowest BCUT2D eigenvalue weighted by Gasteiger charge is -2.57. The fourth-order valence-electron chi connectivity index (χ4n) is 7.50. The van der Waals surface area contributed by atoms with Crippen molar-refractivity contribution in [2.45, 2.75) is 84.3 Å². The highest BCUT2D eigenvalue weighted by atomic mass is 16.5. The van der Waals surface area contributed by atoms with Crippen LogP contribution in [0.5, 0.6) is 0 Å². The van der Waals surface area contributed by atoms with Gasteiger partial charge in [0.15, 0.2) is 0 Å². The second-order valence-corrected chi connectivity index (χ2v) is 10.5. The molecule has 29 heavy (non-hydrogen) atoms. The van der Waals surface area contributed by atoms with Crippen LogP contribution in [-0.2, 0) is 16.1 Å². The van der Waals surface area contributed by atoms with Crippen LogP contribution in [0.15, 0.2) is 30.4 Å². The Balaban J connectivity index is 1.23. The molecule has 4 aliphatic rings. The summed E-state index contributed by atoms with van der Waals surface area (Å²) < 4.78 is 8.37. The van der Waals surface area contributed by atoms with Gasteiger partial charge in [-0.25, -0.2) is 4.98 Å². The number of allylic oxidation sites excluding steroid dienone is 1. The molecule has 0 aromatic carbocycles. The summed E-state index contributed by atoms with van der Waals surface area (Å²) in [6, 6.07) is 0. The lowest BCUT2D eigenvalue weighted by atomic mass is 9.47. The van der Waals surface area contributed by atoms with Crippen molar-refractivity contribution in [3.63, 3.8) is 0 Å². The van der Waals surface area contributed by atoms with Crippen LogP contribution < -0.4 is 0 Å². The largest absolute Gasteiger partial charge is 0.374 e. The van der Waals surface area contributed by atoms with Gasteiger partial charge >= 0.3 is 0 Å². The fraction of sp³-hybridized carbons (Fsp3) is 0.760. The number of hydrogen-bond acceptors (Lipinski definition) is 3. The van der Waals surface area contributed by atoms with E-state index in [1.807, 2.05) is 18.7 Å². The van der Waals surface area contributed by atoms with Crippen molar-refractivity contribution in [3.8, 4) is 0 Å². The molecule has 3 fully saturated rings. The van der Waals surface area contributed by atoms with E-state index in [1.165, 1.54) is 25.7 Å².